The second-order valence-corrected chi connectivity index (χ2v) is 4.83. The molecule has 7 heteroatoms. The van der Waals surface area contributed by atoms with Crippen molar-refractivity contribution in [2.75, 3.05) is 20.3 Å². The summed E-state index contributed by atoms with van der Waals surface area (Å²) in [7, 11) is 1.56. The van der Waals surface area contributed by atoms with Crippen LogP contribution in [0.3, 0.4) is 0 Å². The van der Waals surface area contributed by atoms with Crippen molar-refractivity contribution in [2.45, 2.75) is 49.4 Å². The Balaban J connectivity index is 2.05. The molecule has 1 saturated heterocycles. The second kappa shape index (κ2) is 4.61. The third-order valence-electron chi connectivity index (χ3n) is 3.60. The molecule has 2 fully saturated rings. The van der Waals surface area contributed by atoms with Gasteiger partial charge in [-0.15, -0.1) is 0 Å². The zero-order chi connectivity index (χ0) is 13.4. The predicted octanol–water partition coefficient (Wildman–Crippen LogP) is 2.59. The lowest BCUT2D eigenvalue weighted by Crippen LogP contribution is -2.45. The molecule has 0 aromatic rings. The van der Waals surface area contributed by atoms with Crippen LogP contribution in [-0.2, 0) is 14.2 Å². The van der Waals surface area contributed by atoms with Crippen LogP contribution in [0.4, 0.5) is 17.6 Å². The average molecular weight is 272 g/mol. The van der Waals surface area contributed by atoms with E-state index >= 15 is 0 Å². The summed E-state index contributed by atoms with van der Waals surface area (Å²) in [6.45, 7) is -2.62. The van der Waals surface area contributed by atoms with Crippen LogP contribution in [0.5, 0.6) is 0 Å². The second-order valence-electron chi connectivity index (χ2n) is 4.83. The number of hydrogen-bond donors (Lipinski definition) is 0. The third-order valence-corrected chi connectivity index (χ3v) is 3.60. The molecule has 0 unspecified atom stereocenters. The maximum Gasteiger partial charge on any atom is 0.335 e. The highest BCUT2D eigenvalue weighted by Crippen LogP contribution is 2.43. The van der Waals surface area contributed by atoms with Gasteiger partial charge in [0.2, 0.25) is 0 Å². The summed E-state index contributed by atoms with van der Waals surface area (Å²) in [6, 6.07) is 0. The SMILES string of the molecule is COC1CCC2(CC1)OCC(F)(F)C(F)(F)CO2. The van der Waals surface area contributed by atoms with Gasteiger partial charge >= 0.3 is 11.8 Å². The molecule has 1 spiro atoms. The molecular weight excluding hydrogens is 256 g/mol. The lowest BCUT2D eigenvalue weighted by atomic mass is 9.91. The maximum absolute atomic E-state index is 13.1. The van der Waals surface area contributed by atoms with Gasteiger partial charge in [-0.2, -0.15) is 17.6 Å². The summed E-state index contributed by atoms with van der Waals surface area (Å²) in [5, 5.41) is 0. The molecule has 0 aromatic heterocycles. The van der Waals surface area contributed by atoms with Crippen molar-refractivity contribution in [1.82, 2.24) is 0 Å². The van der Waals surface area contributed by atoms with Gasteiger partial charge in [-0.25, -0.2) is 0 Å². The predicted molar refractivity (Wildman–Crippen MR) is 53.8 cm³/mol. The Morgan fingerprint density at radius 1 is 0.944 bits per heavy atom. The number of alkyl halides is 4. The molecule has 0 bridgehead atoms. The minimum atomic E-state index is -4.19. The van der Waals surface area contributed by atoms with Gasteiger partial charge < -0.3 is 14.2 Å². The van der Waals surface area contributed by atoms with Crippen molar-refractivity contribution in [1.29, 1.82) is 0 Å². The van der Waals surface area contributed by atoms with E-state index < -0.39 is 30.8 Å². The van der Waals surface area contributed by atoms with Gasteiger partial charge in [0.15, 0.2) is 5.79 Å². The van der Waals surface area contributed by atoms with Gasteiger partial charge in [0.25, 0.3) is 0 Å². The molecule has 1 aliphatic carbocycles. The van der Waals surface area contributed by atoms with Gasteiger partial charge in [0.05, 0.1) is 6.10 Å². The molecule has 1 aliphatic heterocycles. The van der Waals surface area contributed by atoms with Crippen LogP contribution in [0, 0.1) is 0 Å². The van der Waals surface area contributed by atoms with Gasteiger partial charge in [0, 0.05) is 20.0 Å². The third kappa shape index (κ3) is 2.48. The summed E-state index contributed by atoms with van der Waals surface area (Å²) in [4.78, 5) is 0. The minimum Gasteiger partial charge on any atom is -0.381 e. The van der Waals surface area contributed by atoms with Gasteiger partial charge in [0.1, 0.15) is 13.2 Å². The van der Waals surface area contributed by atoms with Crippen molar-refractivity contribution in [3.63, 3.8) is 0 Å². The van der Waals surface area contributed by atoms with E-state index in [1.54, 1.807) is 7.11 Å². The molecule has 106 valence electrons. The van der Waals surface area contributed by atoms with E-state index in [0.29, 0.717) is 12.8 Å². The molecular formula is C11H16F4O3. The van der Waals surface area contributed by atoms with E-state index in [0.717, 1.165) is 0 Å². The highest BCUT2D eigenvalue weighted by atomic mass is 19.3. The fourth-order valence-electron chi connectivity index (χ4n) is 2.25. The first kappa shape index (κ1) is 14.0. The topological polar surface area (TPSA) is 27.7 Å². The fourth-order valence-corrected chi connectivity index (χ4v) is 2.25. The quantitative estimate of drug-likeness (QED) is 0.687. The number of rotatable bonds is 1. The average Bonchev–Trinajstić information content (AvgIpc) is 2.42. The lowest BCUT2D eigenvalue weighted by molar-refractivity contribution is -0.258. The van der Waals surface area contributed by atoms with Crippen molar-refractivity contribution in [3.8, 4) is 0 Å². The highest BCUT2D eigenvalue weighted by Gasteiger charge is 2.61. The molecule has 0 atom stereocenters. The monoisotopic (exact) mass is 272 g/mol. The van der Waals surface area contributed by atoms with Crippen LogP contribution in [0.1, 0.15) is 25.7 Å². The van der Waals surface area contributed by atoms with Crippen molar-refractivity contribution in [2.24, 2.45) is 0 Å². The first-order chi connectivity index (χ1) is 8.30. The number of hydrogen-bond acceptors (Lipinski definition) is 3. The molecule has 18 heavy (non-hydrogen) atoms. The summed E-state index contributed by atoms with van der Waals surface area (Å²) in [5.41, 5.74) is 0. The summed E-state index contributed by atoms with van der Waals surface area (Å²) in [5.74, 6) is -9.68. The van der Waals surface area contributed by atoms with Gasteiger partial charge in [-0.3, -0.25) is 0 Å². The first-order valence-corrected chi connectivity index (χ1v) is 5.87. The normalized spacial score (nSPS) is 31.2. The zero-order valence-corrected chi connectivity index (χ0v) is 10.1. The Kier molecular flexibility index (Phi) is 3.59. The van der Waals surface area contributed by atoms with Gasteiger partial charge in [-0.05, 0) is 12.8 Å². The van der Waals surface area contributed by atoms with E-state index in [2.05, 4.69) is 0 Å². The van der Waals surface area contributed by atoms with Crippen LogP contribution in [0.15, 0.2) is 0 Å². The molecule has 0 radical (unpaired) electrons. The Labute approximate surface area is 102 Å². The molecule has 0 aromatic carbocycles. The Bertz CT molecular complexity index is 281. The van der Waals surface area contributed by atoms with Crippen LogP contribution in [0.2, 0.25) is 0 Å². The van der Waals surface area contributed by atoms with E-state index in [1.807, 2.05) is 0 Å². The zero-order valence-electron chi connectivity index (χ0n) is 10.1. The molecule has 0 N–H and O–H groups in total. The Hall–Kier alpha value is -0.400. The van der Waals surface area contributed by atoms with E-state index in [1.165, 1.54) is 0 Å². The Morgan fingerprint density at radius 2 is 1.39 bits per heavy atom. The van der Waals surface area contributed by atoms with Crippen molar-refractivity contribution < 1.29 is 31.8 Å². The van der Waals surface area contributed by atoms with E-state index in [9.17, 15) is 17.6 Å². The highest BCUT2D eigenvalue weighted by molar-refractivity contribution is 4.91. The van der Waals surface area contributed by atoms with Gasteiger partial charge in [-0.1, -0.05) is 0 Å². The standard InChI is InChI=1S/C11H16F4O3/c1-16-8-2-4-9(5-3-8)17-6-10(12,13)11(14,15)7-18-9/h8H,2-7H2,1H3. The molecule has 2 rings (SSSR count). The largest absolute Gasteiger partial charge is 0.381 e. The molecule has 3 nitrogen and oxygen atoms in total. The smallest absolute Gasteiger partial charge is 0.335 e. The minimum absolute atomic E-state index is 0.00657. The van der Waals surface area contributed by atoms with Crippen LogP contribution in [-0.4, -0.2) is 44.1 Å². The molecule has 1 saturated carbocycles. The lowest BCUT2D eigenvalue weighted by Gasteiger charge is -2.38. The van der Waals surface area contributed by atoms with Crippen LogP contribution >= 0.6 is 0 Å². The van der Waals surface area contributed by atoms with Crippen LogP contribution < -0.4 is 0 Å². The maximum atomic E-state index is 13.1. The summed E-state index contributed by atoms with van der Waals surface area (Å²) in [6.07, 6.45) is 1.68. The number of ether oxygens (including phenoxy) is 3. The van der Waals surface area contributed by atoms with Crippen LogP contribution in [0.25, 0.3) is 0 Å². The molecule has 1 heterocycles. The summed E-state index contributed by atoms with van der Waals surface area (Å²) >= 11 is 0. The molecule has 2 aliphatic rings. The summed E-state index contributed by atoms with van der Waals surface area (Å²) < 4.78 is 67.6. The van der Waals surface area contributed by atoms with Crippen molar-refractivity contribution >= 4 is 0 Å². The molecule has 0 amide bonds. The Morgan fingerprint density at radius 3 is 1.78 bits per heavy atom. The van der Waals surface area contributed by atoms with E-state index in [4.69, 9.17) is 14.2 Å². The van der Waals surface area contributed by atoms with E-state index in [-0.39, 0.29) is 18.9 Å². The fraction of sp³-hybridized carbons (Fsp3) is 1.00. The number of halogens is 4. The number of methoxy groups -OCH3 is 1. The first-order valence-electron chi connectivity index (χ1n) is 5.87. The van der Waals surface area contributed by atoms with Crippen molar-refractivity contribution in [3.05, 3.63) is 0 Å².